The van der Waals surface area contributed by atoms with Gasteiger partial charge in [0.15, 0.2) is 0 Å². The number of rotatable bonds is 5. The summed E-state index contributed by atoms with van der Waals surface area (Å²) >= 11 is 0. The highest BCUT2D eigenvalue weighted by molar-refractivity contribution is 5.93. The van der Waals surface area contributed by atoms with Crippen LogP contribution in [0.25, 0.3) is 0 Å². The molecule has 0 spiro atoms. The van der Waals surface area contributed by atoms with Gasteiger partial charge < -0.3 is 16.4 Å². The lowest BCUT2D eigenvalue weighted by Gasteiger charge is -2.18. The van der Waals surface area contributed by atoms with Crippen molar-refractivity contribution in [2.75, 3.05) is 0 Å². The van der Waals surface area contributed by atoms with Crippen LogP contribution in [0.4, 0.5) is 4.39 Å². The zero-order chi connectivity index (χ0) is 15.4. The van der Waals surface area contributed by atoms with E-state index in [9.17, 15) is 18.8 Å². The summed E-state index contributed by atoms with van der Waals surface area (Å²) in [5, 5.41) is 5.04. The van der Waals surface area contributed by atoms with Gasteiger partial charge in [-0.3, -0.25) is 14.4 Å². The van der Waals surface area contributed by atoms with Gasteiger partial charge in [-0.2, -0.15) is 0 Å². The largest absolute Gasteiger partial charge is 0.368 e. The monoisotopic (exact) mass is 293 g/mol. The average molecular weight is 293 g/mol. The van der Waals surface area contributed by atoms with E-state index in [2.05, 4.69) is 10.6 Å². The van der Waals surface area contributed by atoms with Gasteiger partial charge in [-0.15, -0.1) is 0 Å². The van der Waals surface area contributed by atoms with E-state index in [0.29, 0.717) is 12.0 Å². The molecule has 0 bridgehead atoms. The number of hydrogen-bond donors (Lipinski definition) is 3. The van der Waals surface area contributed by atoms with Crippen LogP contribution in [0.2, 0.25) is 0 Å². The van der Waals surface area contributed by atoms with E-state index >= 15 is 0 Å². The molecule has 6 nitrogen and oxygen atoms in total. The van der Waals surface area contributed by atoms with Crippen molar-refractivity contribution in [2.45, 2.75) is 31.3 Å². The topological polar surface area (TPSA) is 101 Å². The molecule has 1 aromatic rings. The second-order valence-electron chi connectivity index (χ2n) is 4.95. The summed E-state index contributed by atoms with van der Waals surface area (Å²) in [6.45, 7) is 0. The molecule has 0 aromatic heterocycles. The minimum atomic E-state index is -0.902. The van der Waals surface area contributed by atoms with Gasteiger partial charge >= 0.3 is 0 Å². The molecule has 2 atom stereocenters. The predicted octanol–water partition coefficient (Wildman–Crippen LogP) is -0.383. The zero-order valence-corrected chi connectivity index (χ0v) is 11.3. The van der Waals surface area contributed by atoms with Gasteiger partial charge in [0, 0.05) is 12.8 Å². The quantitative estimate of drug-likeness (QED) is 0.689. The van der Waals surface area contributed by atoms with Crippen molar-refractivity contribution in [2.24, 2.45) is 5.73 Å². The highest BCUT2D eigenvalue weighted by atomic mass is 19.1. The molecule has 0 unspecified atom stereocenters. The average Bonchev–Trinajstić information content (AvgIpc) is 2.87. The maximum atomic E-state index is 12.8. The van der Waals surface area contributed by atoms with Crippen LogP contribution in [0.15, 0.2) is 24.3 Å². The van der Waals surface area contributed by atoms with Crippen molar-refractivity contribution < 1.29 is 18.8 Å². The smallest absolute Gasteiger partial charge is 0.243 e. The fourth-order valence-electron chi connectivity index (χ4n) is 2.16. The van der Waals surface area contributed by atoms with Crippen molar-refractivity contribution in [1.82, 2.24) is 10.6 Å². The van der Waals surface area contributed by atoms with Crippen LogP contribution >= 0.6 is 0 Å². The number of nitrogens with two attached hydrogens (primary N) is 1. The maximum Gasteiger partial charge on any atom is 0.243 e. The summed E-state index contributed by atoms with van der Waals surface area (Å²) in [5.41, 5.74) is 5.95. The Balaban J connectivity index is 1.99. The Morgan fingerprint density at radius 3 is 2.57 bits per heavy atom. The van der Waals surface area contributed by atoms with Gasteiger partial charge in [0.1, 0.15) is 17.9 Å². The minimum Gasteiger partial charge on any atom is -0.368 e. The molecular formula is C14H16FN3O3. The van der Waals surface area contributed by atoms with Gasteiger partial charge in [0.2, 0.25) is 17.7 Å². The van der Waals surface area contributed by atoms with E-state index in [1.807, 2.05) is 0 Å². The number of carbonyl (C=O) groups is 3. The summed E-state index contributed by atoms with van der Waals surface area (Å²) < 4.78 is 12.8. The second kappa shape index (κ2) is 6.34. The molecule has 4 N–H and O–H groups in total. The lowest BCUT2D eigenvalue weighted by atomic mass is 10.0. The number of nitrogens with one attached hydrogen (secondary N) is 2. The molecule has 3 amide bonds. The third kappa shape index (κ3) is 4.01. The molecule has 7 heteroatoms. The standard InChI is InChI=1S/C14H16FN3O3/c15-9-3-1-8(2-4-9)7-11(13(16)20)18-14(21)10-5-6-12(19)17-10/h1-4,10-11H,5-7H2,(H2,16,20)(H,17,19)(H,18,21)/t10-,11-/m0/s1. The Kier molecular flexibility index (Phi) is 4.52. The van der Waals surface area contributed by atoms with Crippen molar-refractivity contribution in [1.29, 1.82) is 0 Å². The summed E-state index contributed by atoms with van der Waals surface area (Å²) in [6, 6.07) is 4.05. The Morgan fingerprint density at radius 1 is 1.38 bits per heavy atom. The Bertz CT molecular complexity index is 559. The van der Waals surface area contributed by atoms with Crippen molar-refractivity contribution >= 4 is 17.7 Å². The van der Waals surface area contributed by atoms with E-state index in [1.54, 1.807) is 0 Å². The van der Waals surface area contributed by atoms with Crippen LogP contribution < -0.4 is 16.4 Å². The van der Waals surface area contributed by atoms with Crippen molar-refractivity contribution in [3.63, 3.8) is 0 Å². The van der Waals surface area contributed by atoms with Gasteiger partial charge in [-0.05, 0) is 24.1 Å². The molecular weight excluding hydrogens is 277 g/mol. The van der Waals surface area contributed by atoms with E-state index in [4.69, 9.17) is 5.73 Å². The first-order valence-electron chi connectivity index (χ1n) is 6.59. The van der Waals surface area contributed by atoms with Crippen LogP contribution in [0.1, 0.15) is 18.4 Å². The zero-order valence-electron chi connectivity index (χ0n) is 11.3. The normalized spacial score (nSPS) is 18.9. The molecule has 2 rings (SSSR count). The number of primary amides is 1. The molecule has 21 heavy (non-hydrogen) atoms. The fraction of sp³-hybridized carbons (Fsp3) is 0.357. The van der Waals surface area contributed by atoms with Crippen LogP contribution in [0.5, 0.6) is 0 Å². The number of benzene rings is 1. The molecule has 112 valence electrons. The van der Waals surface area contributed by atoms with Crippen LogP contribution in [0.3, 0.4) is 0 Å². The Morgan fingerprint density at radius 2 is 2.05 bits per heavy atom. The van der Waals surface area contributed by atoms with Gasteiger partial charge in [-0.25, -0.2) is 4.39 Å². The highest BCUT2D eigenvalue weighted by Gasteiger charge is 2.29. The van der Waals surface area contributed by atoms with E-state index < -0.39 is 23.9 Å². The number of amides is 3. The van der Waals surface area contributed by atoms with Crippen LogP contribution in [0, 0.1) is 5.82 Å². The molecule has 1 saturated heterocycles. The number of halogens is 1. The van der Waals surface area contributed by atoms with Gasteiger partial charge in [-0.1, -0.05) is 12.1 Å². The third-order valence-corrected chi connectivity index (χ3v) is 3.32. The molecule has 0 radical (unpaired) electrons. The first kappa shape index (κ1) is 15.0. The minimum absolute atomic E-state index is 0.169. The number of hydrogen-bond acceptors (Lipinski definition) is 3. The lowest BCUT2D eigenvalue weighted by Crippen LogP contribution is -2.51. The van der Waals surface area contributed by atoms with Gasteiger partial charge in [0.25, 0.3) is 0 Å². The summed E-state index contributed by atoms with van der Waals surface area (Å²) in [6.07, 6.45) is 0.853. The van der Waals surface area contributed by atoms with Crippen molar-refractivity contribution in [3.05, 3.63) is 35.6 Å². The molecule has 1 aliphatic heterocycles. The summed E-state index contributed by atoms with van der Waals surface area (Å²) in [7, 11) is 0. The Labute approximate surface area is 120 Å². The molecule has 1 heterocycles. The van der Waals surface area contributed by atoms with Crippen LogP contribution in [-0.2, 0) is 20.8 Å². The number of carbonyl (C=O) groups excluding carboxylic acids is 3. The van der Waals surface area contributed by atoms with E-state index in [0.717, 1.165) is 0 Å². The first-order valence-corrected chi connectivity index (χ1v) is 6.59. The highest BCUT2D eigenvalue weighted by Crippen LogP contribution is 2.09. The molecule has 0 saturated carbocycles. The molecule has 1 aliphatic rings. The Hall–Kier alpha value is -2.44. The predicted molar refractivity (Wildman–Crippen MR) is 72.4 cm³/mol. The van der Waals surface area contributed by atoms with Gasteiger partial charge in [0.05, 0.1) is 0 Å². The molecule has 0 aliphatic carbocycles. The lowest BCUT2D eigenvalue weighted by molar-refractivity contribution is -0.129. The maximum absolute atomic E-state index is 12.8. The summed E-state index contributed by atoms with van der Waals surface area (Å²) in [5.74, 6) is -1.69. The second-order valence-corrected chi connectivity index (χ2v) is 4.95. The summed E-state index contributed by atoms with van der Waals surface area (Å²) in [4.78, 5) is 34.5. The molecule has 1 fully saturated rings. The SMILES string of the molecule is NC(=O)[C@H](Cc1ccc(F)cc1)NC(=O)[C@@H]1CCC(=O)N1. The van der Waals surface area contributed by atoms with E-state index in [-0.39, 0.29) is 24.6 Å². The van der Waals surface area contributed by atoms with Crippen LogP contribution in [-0.4, -0.2) is 29.8 Å². The first-order chi connectivity index (χ1) is 9.95. The van der Waals surface area contributed by atoms with E-state index in [1.165, 1.54) is 24.3 Å². The molecule has 1 aromatic carbocycles. The fourth-order valence-corrected chi connectivity index (χ4v) is 2.16. The van der Waals surface area contributed by atoms with Crippen molar-refractivity contribution in [3.8, 4) is 0 Å². The third-order valence-electron chi connectivity index (χ3n) is 3.32.